The van der Waals surface area contributed by atoms with Crippen LogP contribution in [0, 0.1) is 6.92 Å². The van der Waals surface area contributed by atoms with E-state index in [0.717, 1.165) is 11.1 Å². The minimum Gasteiger partial charge on any atom is -0.276 e. The van der Waals surface area contributed by atoms with E-state index in [1.54, 1.807) is 6.07 Å². The molecule has 0 saturated carbocycles. The first-order valence-electron chi connectivity index (χ1n) is 6.96. The van der Waals surface area contributed by atoms with E-state index < -0.39 is 10.0 Å². The van der Waals surface area contributed by atoms with E-state index in [1.807, 2.05) is 31.2 Å². The van der Waals surface area contributed by atoms with Crippen molar-refractivity contribution in [3.8, 4) is 11.3 Å². The smallest absolute Gasteiger partial charge is 0.264 e. The molecule has 8 heteroatoms. The number of hydrogen-bond acceptors (Lipinski definition) is 3. The molecule has 0 spiro atoms. The van der Waals surface area contributed by atoms with Gasteiger partial charge >= 0.3 is 0 Å². The number of aryl methyl sites for hydroxylation is 1. The van der Waals surface area contributed by atoms with Crippen molar-refractivity contribution in [1.82, 2.24) is 10.2 Å². The fourth-order valence-electron chi connectivity index (χ4n) is 2.26. The molecule has 2 aromatic carbocycles. The van der Waals surface area contributed by atoms with Crippen LogP contribution in [0.25, 0.3) is 11.3 Å². The number of hydrogen-bond donors (Lipinski definition) is 2. The minimum absolute atomic E-state index is 0.0848. The summed E-state index contributed by atoms with van der Waals surface area (Å²) in [4.78, 5) is -0.0999. The van der Waals surface area contributed by atoms with Crippen LogP contribution in [-0.4, -0.2) is 18.6 Å². The van der Waals surface area contributed by atoms with Crippen LogP contribution in [0.4, 0.5) is 5.82 Å². The number of aromatic nitrogens is 2. The van der Waals surface area contributed by atoms with E-state index in [-0.39, 0.29) is 20.8 Å². The Hall–Kier alpha value is -2.02. The van der Waals surface area contributed by atoms with Gasteiger partial charge in [-0.1, -0.05) is 47.5 Å². The van der Waals surface area contributed by atoms with Crippen LogP contribution in [0.1, 0.15) is 5.56 Å². The molecule has 0 amide bonds. The van der Waals surface area contributed by atoms with Gasteiger partial charge in [0.1, 0.15) is 4.90 Å². The third-order valence-electron chi connectivity index (χ3n) is 3.43. The van der Waals surface area contributed by atoms with E-state index in [9.17, 15) is 8.42 Å². The highest BCUT2D eigenvalue weighted by Crippen LogP contribution is 2.28. The van der Waals surface area contributed by atoms with Gasteiger partial charge in [0.2, 0.25) is 0 Å². The summed E-state index contributed by atoms with van der Waals surface area (Å²) in [6.07, 6.45) is 0. The number of aromatic amines is 1. The molecule has 0 aliphatic carbocycles. The molecule has 24 heavy (non-hydrogen) atoms. The molecular formula is C16H13Cl2N3O2S. The second kappa shape index (κ2) is 6.47. The van der Waals surface area contributed by atoms with Gasteiger partial charge in [0, 0.05) is 16.7 Å². The Balaban J connectivity index is 1.92. The zero-order valence-electron chi connectivity index (χ0n) is 12.5. The Morgan fingerprint density at radius 3 is 2.58 bits per heavy atom. The van der Waals surface area contributed by atoms with Gasteiger partial charge in [0.05, 0.1) is 10.7 Å². The van der Waals surface area contributed by atoms with Gasteiger partial charge in [-0.2, -0.15) is 5.10 Å². The van der Waals surface area contributed by atoms with Crippen LogP contribution < -0.4 is 4.72 Å². The lowest BCUT2D eigenvalue weighted by Crippen LogP contribution is -2.13. The molecule has 0 unspecified atom stereocenters. The van der Waals surface area contributed by atoms with Crippen LogP contribution in [-0.2, 0) is 10.0 Å². The number of sulfonamides is 1. The zero-order valence-corrected chi connectivity index (χ0v) is 14.9. The molecule has 3 aromatic rings. The van der Waals surface area contributed by atoms with Crippen LogP contribution >= 0.6 is 23.2 Å². The first-order valence-corrected chi connectivity index (χ1v) is 9.20. The van der Waals surface area contributed by atoms with Gasteiger partial charge in [-0.25, -0.2) is 8.42 Å². The molecule has 3 rings (SSSR count). The second-order valence-corrected chi connectivity index (χ2v) is 7.66. The van der Waals surface area contributed by atoms with E-state index in [1.165, 1.54) is 18.2 Å². The molecule has 1 heterocycles. The lowest BCUT2D eigenvalue weighted by molar-refractivity contribution is 0.601. The van der Waals surface area contributed by atoms with Crippen LogP contribution in [0.2, 0.25) is 10.0 Å². The monoisotopic (exact) mass is 381 g/mol. The van der Waals surface area contributed by atoms with Crippen LogP contribution in [0.5, 0.6) is 0 Å². The quantitative estimate of drug-likeness (QED) is 0.698. The Morgan fingerprint density at radius 2 is 1.83 bits per heavy atom. The number of halogens is 2. The molecule has 0 aliphatic rings. The summed E-state index contributed by atoms with van der Waals surface area (Å²) in [5, 5.41) is 7.20. The molecule has 0 aliphatic heterocycles. The largest absolute Gasteiger partial charge is 0.276 e. The fourth-order valence-corrected chi connectivity index (χ4v) is 4.02. The number of anilines is 1. The first kappa shape index (κ1) is 16.8. The maximum atomic E-state index is 12.5. The van der Waals surface area contributed by atoms with Crippen molar-refractivity contribution in [2.45, 2.75) is 11.8 Å². The van der Waals surface area contributed by atoms with Crippen molar-refractivity contribution >= 4 is 39.0 Å². The summed E-state index contributed by atoms with van der Waals surface area (Å²) >= 11 is 11.8. The van der Waals surface area contributed by atoms with E-state index in [4.69, 9.17) is 23.2 Å². The molecule has 0 atom stereocenters. The molecule has 0 bridgehead atoms. The van der Waals surface area contributed by atoms with Crippen molar-refractivity contribution in [3.63, 3.8) is 0 Å². The molecule has 1 aromatic heterocycles. The zero-order chi connectivity index (χ0) is 17.3. The lowest BCUT2D eigenvalue weighted by Gasteiger charge is -2.07. The van der Waals surface area contributed by atoms with Crippen LogP contribution in [0.3, 0.4) is 0 Å². The molecule has 0 saturated heterocycles. The van der Waals surface area contributed by atoms with Crippen molar-refractivity contribution in [2.75, 3.05) is 4.72 Å². The molecule has 2 N–H and O–H groups in total. The number of rotatable bonds is 4. The van der Waals surface area contributed by atoms with Gasteiger partial charge in [0.25, 0.3) is 10.0 Å². The average Bonchev–Trinajstić information content (AvgIpc) is 2.97. The minimum atomic E-state index is -3.89. The highest BCUT2D eigenvalue weighted by molar-refractivity contribution is 7.92. The first-order chi connectivity index (χ1) is 11.4. The maximum Gasteiger partial charge on any atom is 0.264 e. The molecule has 5 nitrogen and oxygen atoms in total. The summed E-state index contributed by atoms with van der Waals surface area (Å²) in [5.74, 6) is 0.171. The van der Waals surface area contributed by atoms with Gasteiger partial charge in [-0.05, 0) is 30.7 Å². The number of nitrogens with zero attached hydrogens (tertiary/aromatic N) is 1. The summed E-state index contributed by atoms with van der Waals surface area (Å²) < 4.78 is 27.4. The van der Waals surface area contributed by atoms with Crippen molar-refractivity contribution in [2.24, 2.45) is 0 Å². The van der Waals surface area contributed by atoms with Crippen molar-refractivity contribution in [1.29, 1.82) is 0 Å². The van der Waals surface area contributed by atoms with Crippen molar-refractivity contribution < 1.29 is 8.42 Å². The SMILES string of the molecule is Cc1ccccc1-c1cc(NS(=O)(=O)c2cc(Cl)ccc2Cl)n[nH]1. The fraction of sp³-hybridized carbons (Fsp3) is 0.0625. The average molecular weight is 382 g/mol. The molecule has 124 valence electrons. The highest BCUT2D eigenvalue weighted by atomic mass is 35.5. The lowest BCUT2D eigenvalue weighted by atomic mass is 10.1. The normalized spacial score (nSPS) is 11.5. The highest BCUT2D eigenvalue weighted by Gasteiger charge is 2.20. The molecule has 0 radical (unpaired) electrons. The number of nitrogens with one attached hydrogen (secondary N) is 2. The number of H-pyrrole nitrogens is 1. The second-order valence-electron chi connectivity index (χ2n) is 5.16. The van der Waals surface area contributed by atoms with E-state index in [2.05, 4.69) is 14.9 Å². The standard InChI is InChI=1S/C16H13Cl2N3O2S/c1-10-4-2-3-5-12(10)14-9-16(20-19-14)21-24(22,23)15-8-11(17)6-7-13(15)18/h2-9H,1H3,(H2,19,20,21). The molecule has 0 fully saturated rings. The van der Waals surface area contributed by atoms with E-state index in [0.29, 0.717) is 5.69 Å². The van der Waals surface area contributed by atoms with Gasteiger partial charge in [-0.3, -0.25) is 9.82 Å². The Kier molecular flexibility index (Phi) is 4.54. The third kappa shape index (κ3) is 3.40. The summed E-state index contributed by atoms with van der Waals surface area (Å²) in [5.41, 5.74) is 2.70. The van der Waals surface area contributed by atoms with E-state index >= 15 is 0 Å². The predicted octanol–water partition coefficient (Wildman–Crippen LogP) is 4.49. The van der Waals surface area contributed by atoms with Gasteiger partial charge < -0.3 is 0 Å². The summed E-state index contributed by atoms with van der Waals surface area (Å²) in [6, 6.07) is 13.6. The molecular weight excluding hydrogens is 369 g/mol. The topological polar surface area (TPSA) is 74.8 Å². The summed E-state index contributed by atoms with van der Waals surface area (Å²) in [6.45, 7) is 1.96. The van der Waals surface area contributed by atoms with Gasteiger partial charge in [-0.15, -0.1) is 0 Å². The maximum absolute atomic E-state index is 12.5. The number of benzene rings is 2. The van der Waals surface area contributed by atoms with Crippen molar-refractivity contribution in [3.05, 3.63) is 64.1 Å². The Morgan fingerprint density at radius 1 is 1.08 bits per heavy atom. The Labute approximate surface area is 149 Å². The summed E-state index contributed by atoms with van der Waals surface area (Å²) in [7, 11) is -3.89. The predicted molar refractivity (Wildman–Crippen MR) is 96.0 cm³/mol. The van der Waals surface area contributed by atoms with Crippen LogP contribution in [0.15, 0.2) is 53.4 Å². The van der Waals surface area contributed by atoms with Gasteiger partial charge in [0.15, 0.2) is 5.82 Å². The Bertz CT molecular complexity index is 1000. The third-order valence-corrected chi connectivity index (χ3v) is 5.51.